The minimum absolute atomic E-state index is 0.187. The second-order valence-electron chi connectivity index (χ2n) is 5.71. The molecule has 0 unspecified atom stereocenters. The van der Waals surface area contributed by atoms with Crippen molar-refractivity contribution in [1.82, 2.24) is 14.9 Å². The summed E-state index contributed by atoms with van der Waals surface area (Å²) in [4.78, 5) is 12.4. The standard InChI is InChI=1S/C16H25N3O4S/c1-13-4-5-14(16(20)18-7-3-6-17-2)12-15(13)24(21,22)19-8-10-23-11-9-19/h4-5,12,17H,3,6-11H2,1-2H3,(H,18,20). The molecule has 8 heteroatoms. The van der Waals surface area contributed by atoms with Gasteiger partial charge in [0.25, 0.3) is 5.91 Å². The van der Waals surface area contributed by atoms with E-state index in [-0.39, 0.29) is 10.8 Å². The first-order valence-corrected chi connectivity index (χ1v) is 9.52. The van der Waals surface area contributed by atoms with Gasteiger partial charge in [0.2, 0.25) is 10.0 Å². The number of sulfonamides is 1. The second-order valence-corrected chi connectivity index (χ2v) is 7.62. The van der Waals surface area contributed by atoms with Crippen LogP contribution in [0.4, 0.5) is 0 Å². The topological polar surface area (TPSA) is 87.7 Å². The van der Waals surface area contributed by atoms with Crippen LogP contribution in [0, 0.1) is 6.92 Å². The molecule has 1 aliphatic heterocycles. The van der Waals surface area contributed by atoms with Gasteiger partial charge in [-0.15, -0.1) is 0 Å². The lowest BCUT2D eigenvalue weighted by atomic mass is 10.1. The Morgan fingerprint density at radius 3 is 2.62 bits per heavy atom. The van der Waals surface area contributed by atoms with E-state index in [2.05, 4.69) is 10.6 Å². The zero-order valence-electron chi connectivity index (χ0n) is 14.2. The van der Waals surface area contributed by atoms with Gasteiger partial charge in [0.15, 0.2) is 0 Å². The van der Waals surface area contributed by atoms with Gasteiger partial charge < -0.3 is 15.4 Å². The number of aryl methyl sites for hydroxylation is 1. The van der Waals surface area contributed by atoms with E-state index in [1.54, 1.807) is 19.1 Å². The highest BCUT2D eigenvalue weighted by Crippen LogP contribution is 2.22. The Hall–Kier alpha value is -1.48. The van der Waals surface area contributed by atoms with E-state index >= 15 is 0 Å². The molecule has 134 valence electrons. The van der Waals surface area contributed by atoms with Crippen molar-refractivity contribution in [2.45, 2.75) is 18.2 Å². The fourth-order valence-corrected chi connectivity index (χ4v) is 4.17. The van der Waals surface area contributed by atoms with Crippen LogP contribution in [-0.2, 0) is 14.8 Å². The molecule has 1 fully saturated rings. The summed E-state index contributed by atoms with van der Waals surface area (Å²) in [6.07, 6.45) is 0.813. The third-order valence-corrected chi connectivity index (χ3v) is 5.97. The van der Waals surface area contributed by atoms with Crippen LogP contribution >= 0.6 is 0 Å². The number of hydrogen-bond acceptors (Lipinski definition) is 5. The summed E-state index contributed by atoms with van der Waals surface area (Å²) in [5.74, 6) is -0.260. The maximum absolute atomic E-state index is 12.8. The predicted molar refractivity (Wildman–Crippen MR) is 91.6 cm³/mol. The van der Waals surface area contributed by atoms with Gasteiger partial charge in [0.1, 0.15) is 0 Å². The molecule has 0 bridgehead atoms. The van der Waals surface area contributed by atoms with Crippen LogP contribution < -0.4 is 10.6 Å². The molecule has 0 aliphatic carbocycles. The van der Waals surface area contributed by atoms with E-state index in [9.17, 15) is 13.2 Å². The monoisotopic (exact) mass is 355 g/mol. The minimum Gasteiger partial charge on any atom is -0.379 e. The van der Waals surface area contributed by atoms with Gasteiger partial charge in [0, 0.05) is 25.2 Å². The Bertz CT molecular complexity index is 670. The van der Waals surface area contributed by atoms with Crippen LogP contribution in [-0.4, -0.2) is 65.1 Å². The van der Waals surface area contributed by atoms with Crippen molar-refractivity contribution >= 4 is 15.9 Å². The van der Waals surface area contributed by atoms with Crippen LogP contribution in [0.1, 0.15) is 22.3 Å². The average molecular weight is 355 g/mol. The third-order valence-electron chi connectivity index (χ3n) is 3.93. The highest BCUT2D eigenvalue weighted by atomic mass is 32.2. The largest absolute Gasteiger partial charge is 0.379 e. The number of carbonyl (C=O) groups is 1. The molecule has 2 rings (SSSR count). The summed E-state index contributed by atoms with van der Waals surface area (Å²) in [5.41, 5.74) is 0.991. The number of nitrogens with one attached hydrogen (secondary N) is 2. The highest BCUT2D eigenvalue weighted by Gasteiger charge is 2.28. The molecule has 0 spiro atoms. The third kappa shape index (κ3) is 4.54. The van der Waals surface area contributed by atoms with Gasteiger partial charge in [-0.05, 0) is 44.6 Å². The molecule has 1 aromatic carbocycles. The Kier molecular flexibility index (Phi) is 6.73. The Morgan fingerprint density at radius 1 is 1.25 bits per heavy atom. The maximum Gasteiger partial charge on any atom is 0.251 e. The summed E-state index contributed by atoms with van der Waals surface area (Å²) >= 11 is 0. The SMILES string of the molecule is CNCCCNC(=O)c1ccc(C)c(S(=O)(=O)N2CCOCC2)c1. The molecule has 2 N–H and O–H groups in total. The van der Waals surface area contributed by atoms with Crippen LogP contribution in [0.3, 0.4) is 0 Å². The first-order chi connectivity index (χ1) is 11.5. The summed E-state index contributed by atoms with van der Waals surface area (Å²) in [7, 11) is -1.76. The van der Waals surface area contributed by atoms with Gasteiger partial charge in [0.05, 0.1) is 18.1 Å². The molecule has 1 heterocycles. The molecule has 0 saturated carbocycles. The van der Waals surface area contributed by atoms with E-state index in [4.69, 9.17) is 4.74 Å². The van der Waals surface area contributed by atoms with Crippen molar-refractivity contribution in [2.24, 2.45) is 0 Å². The van der Waals surface area contributed by atoms with Crippen LogP contribution in [0.5, 0.6) is 0 Å². The van der Waals surface area contributed by atoms with E-state index in [0.29, 0.717) is 44.0 Å². The van der Waals surface area contributed by atoms with Crippen molar-refractivity contribution in [3.63, 3.8) is 0 Å². The number of ether oxygens (including phenoxy) is 1. The molecule has 1 aromatic rings. The Morgan fingerprint density at radius 2 is 1.96 bits per heavy atom. The molecule has 1 amide bonds. The van der Waals surface area contributed by atoms with Crippen molar-refractivity contribution in [3.05, 3.63) is 29.3 Å². The molecular formula is C16H25N3O4S. The Labute approximate surface area is 143 Å². The number of morpholine rings is 1. The smallest absolute Gasteiger partial charge is 0.251 e. The van der Waals surface area contributed by atoms with Crippen LogP contribution in [0.25, 0.3) is 0 Å². The fraction of sp³-hybridized carbons (Fsp3) is 0.562. The van der Waals surface area contributed by atoms with Gasteiger partial charge in [-0.25, -0.2) is 8.42 Å². The van der Waals surface area contributed by atoms with Crippen molar-refractivity contribution in [1.29, 1.82) is 0 Å². The van der Waals surface area contributed by atoms with Crippen molar-refractivity contribution in [3.8, 4) is 0 Å². The van der Waals surface area contributed by atoms with Gasteiger partial charge in [-0.1, -0.05) is 6.07 Å². The normalized spacial score (nSPS) is 16.1. The lowest BCUT2D eigenvalue weighted by molar-refractivity contribution is 0.0730. The first-order valence-electron chi connectivity index (χ1n) is 8.08. The van der Waals surface area contributed by atoms with Gasteiger partial charge >= 0.3 is 0 Å². The zero-order chi connectivity index (χ0) is 17.6. The molecule has 7 nitrogen and oxygen atoms in total. The number of benzene rings is 1. The lowest BCUT2D eigenvalue weighted by Gasteiger charge is -2.26. The summed E-state index contributed by atoms with van der Waals surface area (Å²) < 4.78 is 32.2. The fourth-order valence-electron chi connectivity index (χ4n) is 2.51. The van der Waals surface area contributed by atoms with Crippen LogP contribution in [0.2, 0.25) is 0 Å². The quantitative estimate of drug-likeness (QED) is 0.690. The van der Waals surface area contributed by atoms with E-state index < -0.39 is 10.0 Å². The number of nitrogens with zero attached hydrogens (tertiary/aromatic N) is 1. The second kappa shape index (κ2) is 8.57. The molecule has 0 radical (unpaired) electrons. The highest BCUT2D eigenvalue weighted by molar-refractivity contribution is 7.89. The molecule has 1 aliphatic rings. The molecular weight excluding hydrogens is 330 g/mol. The summed E-state index contributed by atoms with van der Waals surface area (Å²) in [5, 5.41) is 5.81. The van der Waals surface area contributed by atoms with E-state index in [1.165, 1.54) is 10.4 Å². The van der Waals surface area contributed by atoms with Crippen molar-refractivity contribution in [2.75, 3.05) is 46.4 Å². The molecule has 0 aromatic heterocycles. The predicted octanol–water partition coefficient (Wildman–Crippen LogP) is 0.355. The average Bonchev–Trinajstić information content (AvgIpc) is 2.59. The van der Waals surface area contributed by atoms with Crippen LogP contribution in [0.15, 0.2) is 23.1 Å². The minimum atomic E-state index is -3.61. The van der Waals surface area contributed by atoms with Crippen molar-refractivity contribution < 1.29 is 17.9 Å². The summed E-state index contributed by atoms with van der Waals surface area (Å²) in [6.45, 7) is 4.55. The Balaban J connectivity index is 2.17. The molecule has 24 heavy (non-hydrogen) atoms. The number of hydrogen-bond donors (Lipinski definition) is 2. The van der Waals surface area contributed by atoms with Gasteiger partial charge in [-0.3, -0.25) is 4.79 Å². The number of amides is 1. The number of carbonyl (C=O) groups excluding carboxylic acids is 1. The molecule has 1 saturated heterocycles. The molecule has 0 atom stereocenters. The lowest BCUT2D eigenvalue weighted by Crippen LogP contribution is -2.41. The maximum atomic E-state index is 12.8. The summed E-state index contributed by atoms with van der Waals surface area (Å²) in [6, 6.07) is 4.80. The zero-order valence-corrected chi connectivity index (χ0v) is 15.0. The van der Waals surface area contributed by atoms with Gasteiger partial charge in [-0.2, -0.15) is 4.31 Å². The van der Waals surface area contributed by atoms with E-state index in [0.717, 1.165) is 13.0 Å². The first kappa shape index (κ1) is 18.9. The van der Waals surface area contributed by atoms with E-state index in [1.807, 2.05) is 7.05 Å². The number of rotatable bonds is 7.